The van der Waals surface area contributed by atoms with E-state index in [2.05, 4.69) is 11.4 Å². The number of anilines is 1. The van der Waals surface area contributed by atoms with E-state index in [4.69, 9.17) is 11.0 Å². The number of aryl methyl sites for hydroxylation is 1. The molecule has 0 spiro atoms. The van der Waals surface area contributed by atoms with Gasteiger partial charge in [0.25, 0.3) is 0 Å². The van der Waals surface area contributed by atoms with Gasteiger partial charge in [-0.15, -0.1) is 0 Å². The fourth-order valence-corrected chi connectivity index (χ4v) is 1.98. The van der Waals surface area contributed by atoms with Gasteiger partial charge in [-0.3, -0.25) is 0 Å². The number of nitrogens with two attached hydrogens (primary N) is 1. The van der Waals surface area contributed by atoms with Crippen LogP contribution in [0.2, 0.25) is 0 Å². The van der Waals surface area contributed by atoms with Crippen LogP contribution in [-0.4, -0.2) is 12.1 Å². The Hall–Kier alpha value is -1.53. The second-order valence-corrected chi connectivity index (χ2v) is 4.73. The second-order valence-electron chi connectivity index (χ2n) is 4.73. The van der Waals surface area contributed by atoms with Crippen LogP contribution >= 0.6 is 0 Å². The molecule has 84 valence electrons. The standard InChI is InChI=1S/C13H17N3/c1-10-3-4-11(8-14)12(7-10)16-9-13(15)5-2-6-13/h3-4,7,16H,2,5-6,9,15H2,1H3. The molecule has 1 aromatic rings. The first-order valence-electron chi connectivity index (χ1n) is 5.66. The molecule has 0 unspecified atom stereocenters. The first-order valence-corrected chi connectivity index (χ1v) is 5.66. The van der Waals surface area contributed by atoms with Crippen molar-refractivity contribution in [1.29, 1.82) is 5.26 Å². The van der Waals surface area contributed by atoms with E-state index in [1.807, 2.05) is 25.1 Å². The Bertz CT molecular complexity index is 427. The predicted octanol–water partition coefficient (Wildman–Crippen LogP) is 2.16. The maximum atomic E-state index is 8.99. The third-order valence-electron chi connectivity index (χ3n) is 3.28. The Balaban J connectivity index is 2.08. The smallest absolute Gasteiger partial charge is 0.101 e. The molecule has 1 aliphatic carbocycles. The highest BCUT2D eigenvalue weighted by Crippen LogP contribution is 2.29. The van der Waals surface area contributed by atoms with Gasteiger partial charge in [0, 0.05) is 12.1 Å². The minimum absolute atomic E-state index is 0.0591. The number of nitrogens with one attached hydrogen (secondary N) is 1. The van der Waals surface area contributed by atoms with Crippen LogP contribution in [0, 0.1) is 18.3 Å². The first-order chi connectivity index (χ1) is 7.63. The number of benzene rings is 1. The minimum Gasteiger partial charge on any atom is -0.382 e. The number of rotatable bonds is 3. The molecular weight excluding hydrogens is 198 g/mol. The molecule has 1 saturated carbocycles. The zero-order valence-corrected chi connectivity index (χ0v) is 9.59. The van der Waals surface area contributed by atoms with Crippen molar-refractivity contribution in [2.75, 3.05) is 11.9 Å². The molecule has 0 aliphatic heterocycles. The number of nitrogens with zero attached hydrogens (tertiary/aromatic N) is 1. The predicted molar refractivity (Wildman–Crippen MR) is 65.2 cm³/mol. The number of hydrogen-bond acceptors (Lipinski definition) is 3. The fraction of sp³-hybridized carbons (Fsp3) is 0.462. The van der Waals surface area contributed by atoms with Crippen LogP contribution in [0.3, 0.4) is 0 Å². The lowest BCUT2D eigenvalue weighted by Crippen LogP contribution is -2.52. The lowest BCUT2D eigenvalue weighted by atomic mass is 9.77. The highest BCUT2D eigenvalue weighted by atomic mass is 15.0. The van der Waals surface area contributed by atoms with E-state index in [0.29, 0.717) is 5.56 Å². The molecule has 3 N–H and O–H groups in total. The van der Waals surface area contributed by atoms with E-state index in [1.54, 1.807) is 0 Å². The topological polar surface area (TPSA) is 61.8 Å². The summed E-state index contributed by atoms with van der Waals surface area (Å²) in [4.78, 5) is 0. The summed E-state index contributed by atoms with van der Waals surface area (Å²) in [5.41, 5.74) is 8.82. The van der Waals surface area contributed by atoms with Gasteiger partial charge in [0.1, 0.15) is 6.07 Å². The van der Waals surface area contributed by atoms with Crippen LogP contribution in [-0.2, 0) is 0 Å². The van der Waals surface area contributed by atoms with E-state index >= 15 is 0 Å². The Labute approximate surface area is 96.3 Å². The van der Waals surface area contributed by atoms with E-state index in [9.17, 15) is 0 Å². The molecule has 1 fully saturated rings. The quantitative estimate of drug-likeness (QED) is 0.812. The Morgan fingerprint density at radius 2 is 2.25 bits per heavy atom. The summed E-state index contributed by atoms with van der Waals surface area (Å²) in [7, 11) is 0. The first kappa shape index (κ1) is 11.0. The average molecular weight is 215 g/mol. The maximum Gasteiger partial charge on any atom is 0.101 e. The number of nitriles is 1. The Morgan fingerprint density at radius 3 is 2.81 bits per heavy atom. The Kier molecular flexibility index (Phi) is 2.84. The molecule has 0 heterocycles. The molecule has 3 nitrogen and oxygen atoms in total. The molecule has 3 heteroatoms. The monoisotopic (exact) mass is 215 g/mol. The van der Waals surface area contributed by atoms with Gasteiger partial charge in [-0.1, -0.05) is 6.07 Å². The van der Waals surface area contributed by atoms with Crippen molar-refractivity contribution >= 4 is 5.69 Å². The normalized spacial score (nSPS) is 17.3. The van der Waals surface area contributed by atoms with Crippen molar-refractivity contribution in [3.05, 3.63) is 29.3 Å². The van der Waals surface area contributed by atoms with Gasteiger partial charge in [-0.25, -0.2) is 0 Å². The molecule has 0 aromatic heterocycles. The van der Waals surface area contributed by atoms with Gasteiger partial charge in [0.05, 0.1) is 11.3 Å². The van der Waals surface area contributed by atoms with Gasteiger partial charge < -0.3 is 11.1 Å². The molecule has 1 aromatic carbocycles. The lowest BCUT2D eigenvalue weighted by molar-refractivity contribution is 0.265. The maximum absolute atomic E-state index is 8.99. The summed E-state index contributed by atoms with van der Waals surface area (Å²) in [5, 5.41) is 12.3. The van der Waals surface area contributed by atoms with Crippen molar-refractivity contribution in [3.8, 4) is 6.07 Å². The zero-order valence-electron chi connectivity index (χ0n) is 9.59. The van der Waals surface area contributed by atoms with Gasteiger partial charge in [-0.2, -0.15) is 5.26 Å². The summed E-state index contributed by atoms with van der Waals surface area (Å²) >= 11 is 0. The van der Waals surface area contributed by atoms with Gasteiger partial charge >= 0.3 is 0 Å². The molecule has 2 rings (SSSR count). The van der Waals surface area contributed by atoms with E-state index in [1.165, 1.54) is 6.42 Å². The number of hydrogen-bond donors (Lipinski definition) is 2. The van der Waals surface area contributed by atoms with Crippen molar-refractivity contribution in [2.24, 2.45) is 5.73 Å². The SMILES string of the molecule is Cc1ccc(C#N)c(NCC2(N)CCC2)c1. The van der Waals surface area contributed by atoms with E-state index < -0.39 is 0 Å². The molecule has 16 heavy (non-hydrogen) atoms. The Morgan fingerprint density at radius 1 is 1.50 bits per heavy atom. The van der Waals surface area contributed by atoms with Crippen molar-refractivity contribution in [1.82, 2.24) is 0 Å². The zero-order chi connectivity index (χ0) is 11.6. The van der Waals surface area contributed by atoms with E-state index in [-0.39, 0.29) is 5.54 Å². The van der Waals surface area contributed by atoms with Crippen LogP contribution in [0.1, 0.15) is 30.4 Å². The average Bonchev–Trinajstić information content (AvgIpc) is 2.24. The second kappa shape index (κ2) is 4.15. The van der Waals surface area contributed by atoms with Crippen LogP contribution in [0.4, 0.5) is 5.69 Å². The highest BCUT2D eigenvalue weighted by Gasteiger charge is 2.32. The summed E-state index contributed by atoms with van der Waals surface area (Å²) < 4.78 is 0. The minimum atomic E-state index is -0.0591. The van der Waals surface area contributed by atoms with Crippen LogP contribution in [0.25, 0.3) is 0 Å². The lowest BCUT2D eigenvalue weighted by Gasteiger charge is -2.38. The van der Waals surface area contributed by atoms with Gasteiger partial charge in [-0.05, 0) is 43.9 Å². The summed E-state index contributed by atoms with van der Waals surface area (Å²) in [6, 6.07) is 7.99. The van der Waals surface area contributed by atoms with Crippen LogP contribution in [0.15, 0.2) is 18.2 Å². The van der Waals surface area contributed by atoms with Crippen LogP contribution < -0.4 is 11.1 Å². The van der Waals surface area contributed by atoms with Crippen LogP contribution in [0.5, 0.6) is 0 Å². The highest BCUT2D eigenvalue weighted by molar-refractivity contribution is 5.59. The molecular formula is C13H17N3. The summed E-state index contributed by atoms with van der Waals surface area (Å²) in [6.45, 7) is 2.78. The molecule has 0 amide bonds. The molecule has 0 radical (unpaired) electrons. The molecule has 1 aliphatic rings. The van der Waals surface area contributed by atoms with Crippen molar-refractivity contribution in [2.45, 2.75) is 31.7 Å². The van der Waals surface area contributed by atoms with Gasteiger partial charge in [0.15, 0.2) is 0 Å². The molecule has 0 atom stereocenters. The molecule has 0 bridgehead atoms. The third kappa shape index (κ3) is 2.17. The molecule has 0 saturated heterocycles. The summed E-state index contributed by atoms with van der Waals surface area (Å²) in [5.74, 6) is 0. The third-order valence-corrected chi connectivity index (χ3v) is 3.28. The fourth-order valence-electron chi connectivity index (χ4n) is 1.98. The summed E-state index contributed by atoms with van der Waals surface area (Å²) in [6.07, 6.45) is 3.37. The van der Waals surface area contributed by atoms with Crippen molar-refractivity contribution < 1.29 is 0 Å². The largest absolute Gasteiger partial charge is 0.382 e. The van der Waals surface area contributed by atoms with Gasteiger partial charge in [0.2, 0.25) is 0 Å². The van der Waals surface area contributed by atoms with E-state index in [0.717, 1.165) is 30.6 Å². The van der Waals surface area contributed by atoms with Crippen molar-refractivity contribution in [3.63, 3.8) is 0 Å².